The molecular weight excluding hydrogens is 691 g/mol. The first-order valence-corrected chi connectivity index (χ1v) is 17.3. The third kappa shape index (κ3) is 10.7. The molecule has 0 unspecified atom stereocenters. The van der Waals surface area contributed by atoms with Crippen molar-refractivity contribution < 1.29 is 33.5 Å². The van der Waals surface area contributed by atoms with Crippen LogP contribution in [0.5, 0.6) is 0 Å². The van der Waals surface area contributed by atoms with E-state index in [1.807, 2.05) is 71.6 Å². The number of rotatable bonds is 17. The maximum Gasteiger partial charge on any atom is 0.328 e. The number of methoxy groups -OCH3 is 1. The molecule has 0 saturated heterocycles. The van der Waals surface area contributed by atoms with Crippen LogP contribution >= 0.6 is 0 Å². The summed E-state index contributed by atoms with van der Waals surface area (Å²) in [5, 5.41) is 28.9. The number of aliphatic hydroxyl groups excluding tert-OH is 1. The summed E-state index contributed by atoms with van der Waals surface area (Å²) >= 11 is 0. The van der Waals surface area contributed by atoms with Crippen LogP contribution in [0.3, 0.4) is 0 Å². The minimum absolute atomic E-state index is 0.0137. The summed E-state index contributed by atoms with van der Waals surface area (Å²) in [7, 11) is 1.13. The minimum Gasteiger partial charge on any atom is -0.467 e. The van der Waals surface area contributed by atoms with Gasteiger partial charge in [0.05, 0.1) is 12.0 Å². The van der Waals surface area contributed by atoms with Crippen molar-refractivity contribution in [2.45, 2.75) is 50.2 Å². The number of halogens is 1. The molecule has 0 bridgehead atoms. The van der Waals surface area contributed by atoms with Gasteiger partial charge in [-0.1, -0.05) is 127 Å². The summed E-state index contributed by atoms with van der Waals surface area (Å²) in [4.78, 5) is 54.2. The number of esters is 1. The van der Waals surface area contributed by atoms with Crippen molar-refractivity contribution in [3.63, 3.8) is 0 Å². The third-order valence-corrected chi connectivity index (χ3v) is 8.92. The number of hydrogen-bond acceptors (Lipinski definition) is 8. The highest BCUT2D eigenvalue weighted by molar-refractivity contribution is 5.92. The monoisotopic (exact) mass is 732 g/mol. The summed E-state index contributed by atoms with van der Waals surface area (Å²) in [5.41, 5.74) is 2.40. The molecule has 54 heavy (non-hydrogen) atoms. The van der Waals surface area contributed by atoms with Crippen LogP contribution in [0.4, 0.5) is 10.1 Å². The SMILES string of the molecule is COC(=O)[C@H](Cc1ccc(F)c([N+](=O)[O-])c1)NC(=O)[C@H](Cc1ccccc1)NC(=O)[C@H]([C@H](O)c1ccccc1)N(Cc1ccccc1)Cc1ccccc1. The first-order valence-electron chi connectivity index (χ1n) is 17.3. The van der Waals surface area contributed by atoms with Gasteiger partial charge in [-0.25, -0.2) is 4.79 Å². The van der Waals surface area contributed by atoms with Crippen LogP contribution in [-0.4, -0.2) is 57.9 Å². The zero-order chi connectivity index (χ0) is 38.5. The molecule has 0 fully saturated rings. The van der Waals surface area contributed by atoms with E-state index in [0.29, 0.717) is 11.1 Å². The second-order valence-electron chi connectivity index (χ2n) is 12.8. The van der Waals surface area contributed by atoms with Gasteiger partial charge in [0, 0.05) is 32.0 Å². The van der Waals surface area contributed by atoms with Gasteiger partial charge >= 0.3 is 11.7 Å². The van der Waals surface area contributed by atoms with Crippen molar-refractivity contribution in [3.05, 3.63) is 183 Å². The molecule has 5 rings (SSSR count). The molecule has 2 amide bonds. The fourth-order valence-corrected chi connectivity index (χ4v) is 6.21. The summed E-state index contributed by atoms with van der Waals surface area (Å²) in [6.45, 7) is 0.559. The molecule has 0 saturated carbocycles. The van der Waals surface area contributed by atoms with Gasteiger partial charge in [-0.2, -0.15) is 4.39 Å². The van der Waals surface area contributed by atoms with E-state index in [1.165, 1.54) is 6.07 Å². The number of nitro groups is 1. The van der Waals surface area contributed by atoms with Crippen molar-refractivity contribution in [1.82, 2.24) is 15.5 Å². The number of nitrogens with zero attached hydrogens (tertiary/aromatic N) is 2. The first-order chi connectivity index (χ1) is 26.1. The number of carbonyl (C=O) groups is 3. The summed E-state index contributed by atoms with van der Waals surface area (Å²) in [6, 6.07) is 36.2. The zero-order valence-electron chi connectivity index (χ0n) is 29.6. The number of hydrogen-bond donors (Lipinski definition) is 3. The van der Waals surface area contributed by atoms with Crippen LogP contribution in [0.1, 0.15) is 33.9 Å². The Labute approximate surface area is 312 Å². The van der Waals surface area contributed by atoms with Crippen LogP contribution < -0.4 is 10.6 Å². The van der Waals surface area contributed by atoms with E-state index in [2.05, 4.69) is 10.6 Å². The van der Waals surface area contributed by atoms with Crippen LogP contribution in [-0.2, 0) is 45.1 Å². The average Bonchev–Trinajstić information content (AvgIpc) is 3.19. The Hall–Kier alpha value is -6.24. The maximum atomic E-state index is 14.7. The van der Waals surface area contributed by atoms with Gasteiger partial charge in [-0.3, -0.25) is 24.6 Å². The predicted molar refractivity (Wildman–Crippen MR) is 200 cm³/mol. The van der Waals surface area contributed by atoms with Gasteiger partial charge in [0.25, 0.3) is 0 Å². The van der Waals surface area contributed by atoms with E-state index in [0.717, 1.165) is 30.4 Å². The Kier molecular flexibility index (Phi) is 13.7. The van der Waals surface area contributed by atoms with E-state index >= 15 is 0 Å². The lowest BCUT2D eigenvalue weighted by molar-refractivity contribution is -0.387. The van der Waals surface area contributed by atoms with Gasteiger partial charge in [-0.15, -0.1) is 0 Å². The molecular formula is C42H41FN4O7. The number of amides is 2. The van der Waals surface area contributed by atoms with Crippen LogP contribution in [0.2, 0.25) is 0 Å². The molecule has 4 atom stereocenters. The predicted octanol–water partition coefficient (Wildman–Crippen LogP) is 5.47. The summed E-state index contributed by atoms with van der Waals surface area (Å²) in [6.07, 6.45) is -1.57. The molecule has 11 nitrogen and oxygen atoms in total. The highest BCUT2D eigenvalue weighted by atomic mass is 19.1. The Morgan fingerprint density at radius 3 is 1.70 bits per heavy atom. The number of carbonyl (C=O) groups excluding carboxylic acids is 3. The molecule has 12 heteroatoms. The normalized spacial score (nSPS) is 13.3. The second kappa shape index (κ2) is 19.0. The van der Waals surface area contributed by atoms with Crippen molar-refractivity contribution in [3.8, 4) is 0 Å². The molecule has 0 spiro atoms. The van der Waals surface area contributed by atoms with Gasteiger partial charge in [0.15, 0.2) is 0 Å². The number of ether oxygens (including phenoxy) is 1. The zero-order valence-corrected chi connectivity index (χ0v) is 29.6. The molecule has 0 heterocycles. The highest BCUT2D eigenvalue weighted by Gasteiger charge is 2.37. The number of nitrogens with one attached hydrogen (secondary N) is 2. The first kappa shape index (κ1) is 39.0. The number of nitro benzene ring substituents is 1. The summed E-state index contributed by atoms with van der Waals surface area (Å²) < 4.78 is 19.0. The molecule has 3 N–H and O–H groups in total. The lowest BCUT2D eigenvalue weighted by Crippen LogP contribution is -2.57. The van der Waals surface area contributed by atoms with Crippen LogP contribution in [0, 0.1) is 15.9 Å². The largest absolute Gasteiger partial charge is 0.467 e. The smallest absolute Gasteiger partial charge is 0.328 e. The van der Waals surface area contributed by atoms with Crippen molar-refractivity contribution in [1.29, 1.82) is 0 Å². The lowest BCUT2D eigenvalue weighted by Gasteiger charge is -2.35. The van der Waals surface area contributed by atoms with Gasteiger partial charge in [-0.05, 0) is 33.9 Å². The topological polar surface area (TPSA) is 151 Å². The van der Waals surface area contributed by atoms with E-state index in [-0.39, 0.29) is 31.5 Å². The van der Waals surface area contributed by atoms with E-state index in [1.54, 1.807) is 54.6 Å². The molecule has 5 aromatic rings. The Morgan fingerprint density at radius 2 is 1.19 bits per heavy atom. The van der Waals surface area contributed by atoms with Gasteiger partial charge < -0.3 is 20.5 Å². The van der Waals surface area contributed by atoms with Crippen molar-refractivity contribution in [2.24, 2.45) is 0 Å². The minimum atomic E-state index is -1.35. The molecule has 0 aliphatic heterocycles. The Balaban J connectivity index is 1.50. The Morgan fingerprint density at radius 1 is 0.704 bits per heavy atom. The molecule has 278 valence electrons. The molecule has 0 aliphatic carbocycles. The Bertz CT molecular complexity index is 1960. The van der Waals surface area contributed by atoms with Crippen LogP contribution in [0.15, 0.2) is 140 Å². The third-order valence-electron chi connectivity index (χ3n) is 8.92. The molecule has 0 radical (unpaired) electrons. The maximum absolute atomic E-state index is 14.7. The van der Waals surface area contributed by atoms with Gasteiger partial charge in [0.2, 0.25) is 17.6 Å². The fourth-order valence-electron chi connectivity index (χ4n) is 6.21. The van der Waals surface area contributed by atoms with E-state index in [4.69, 9.17) is 4.74 Å². The molecule has 0 aromatic heterocycles. The van der Waals surface area contributed by atoms with Crippen LogP contribution in [0.25, 0.3) is 0 Å². The van der Waals surface area contributed by atoms with Gasteiger partial charge in [0.1, 0.15) is 24.2 Å². The standard InChI is InChI=1S/C42H41FN4O7/c1-54-42(51)36(25-32-22-23-34(43)37(26-32)47(52)53)45-40(49)35(24-29-14-6-2-7-15-29)44-41(50)38(39(48)33-20-12-5-13-21-33)46(27-30-16-8-3-9-17-30)28-31-18-10-4-11-19-31/h2-23,26,35-36,38-39,48H,24-25,27-28H2,1H3,(H,44,50)(H,45,49)/t35-,36-,38-,39+/m0/s1. The highest BCUT2D eigenvalue weighted by Crippen LogP contribution is 2.26. The number of aliphatic hydroxyl groups is 1. The van der Waals surface area contributed by atoms with Crippen molar-refractivity contribution in [2.75, 3.05) is 7.11 Å². The summed E-state index contributed by atoms with van der Waals surface area (Å²) in [5.74, 6) is -3.29. The molecule has 5 aromatic carbocycles. The lowest BCUT2D eigenvalue weighted by atomic mass is 9.97. The second-order valence-corrected chi connectivity index (χ2v) is 12.8. The quantitative estimate of drug-likeness (QED) is 0.0648. The average molecular weight is 733 g/mol. The number of benzene rings is 5. The molecule has 0 aliphatic rings. The van der Waals surface area contributed by atoms with E-state index in [9.17, 15) is 34.0 Å². The fraction of sp³-hybridized carbons (Fsp3) is 0.214. The van der Waals surface area contributed by atoms with Crippen molar-refractivity contribution >= 4 is 23.5 Å². The van der Waals surface area contributed by atoms with E-state index < -0.39 is 58.4 Å².